The number of para-hydroxylation sites is 1. The van der Waals surface area contributed by atoms with Crippen LogP contribution in [0.3, 0.4) is 0 Å². The van der Waals surface area contributed by atoms with E-state index in [1.165, 1.54) is 0 Å². The summed E-state index contributed by atoms with van der Waals surface area (Å²) in [5, 5.41) is 12.5. The summed E-state index contributed by atoms with van der Waals surface area (Å²) in [4.78, 5) is 32.1. The summed E-state index contributed by atoms with van der Waals surface area (Å²) in [5.41, 5.74) is 1.59. The van der Waals surface area contributed by atoms with Crippen LogP contribution in [-0.2, 0) is 16.1 Å². The lowest BCUT2D eigenvalue weighted by Gasteiger charge is -2.42. The van der Waals surface area contributed by atoms with Crippen LogP contribution in [0.25, 0.3) is 0 Å². The smallest absolute Gasteiger partial charge is 0.321 e. The minimum atomic E-state index is -0.878. The van der Waals surface area contributed by atoms with Crippen molar-refractivity contribution in [3.8, 4) is 0 Å². The first-order valence-electron chi connectivity index (χ1n) is 10.3. The summed E-state index contributed by atoms with van der Waals surface area (Å²) < 4.78 is 5.41. The van der Waals surface area contributed by atoms with Gasteiger partial charge in [-0.2, -0.15) is 0 Å². The molecule has 0 aliphatic carbocycles. The molecule has 9 heteroatoms. The maximum Gasteiger partial charge on any atom is 0.321 e. The van der Waals surface area contributed by atoms with Crippen LogP contribution >= 0.6 is 11.6 Å². The summed E-state index contributed by atoms with van der Waals surface area (Å²) in [6, 6.07) is 10.6. The molecule has 1 saturated heterocycles. The molecule has 1 fully saturated rings. The first-order valence-corrected chi connectivity index (χ1v) is 10.7. The molecule has 2 aromatic rings. The molecule has 1 aliphatic rings. The number of hydrogen-bond donors (Lipinski definition) is 2. The van der Waals surface area contributed by atoms with Crippen LogP contribution < -0.4 is 10.2 Å². The standard InChI is InChI=1S/C22H27ClN4O4/c1-2-31-15-16-12-19(23)21(24-13-16)27-11-10-26(14-18(27)8-9-20(28)29)22(30)25-17-6-4-3-5-7-17/h3-7,12-13,18H,2,8-11,14-15H2,1H3,(H,25,30)(H,28,29). The number of aliphatic carboxylic acids is 1. The molecule has 2 heterocycles. The molecule has 2 N–H and O–H groups in total. The second-order valence-corrected chi connectivity index (χ2v) is 7.72. The third-order valence-electron chi connectivity index (χ3n) is 5.11. The number of carbonyl (C=O) groups is 2. The van der Waals surface area contributed by atoms with E-state index in [1.807, 2.05) is 48.2 Å². The van der Waals surface area contributed by atoms with Gasteiger partial charge in [0.05, 0.1) is 11.6 Å². The number of pyridine rings is 1. The molecule has 2 amide bonds. The fourth-order valence-electron chi connectivity index (χ4n) is 3.56. The van der Waals surface area contributed by atoms with Crippen molar-refractivity contribution in [3.63, 3.8) is 0 Å². The topological polar surface area (TPSA) is 95.0 Å². The van der Waals surface area contributed by atoms with Gasteiger partial charge >= 0.3 is 12.0 Å². The number of carboxylic acid groups (broad SMARTS) is 1. The summed E-state index contributed by atoms with van der Waals surface area (Å²) >= 11 is 6.51. The van der Waals surface area contributed by atoms with Crippen molar-refractivity contribution in [1.29, 1.82) is 0 Å². The predicted molar refractivity (Wildman–Crippen MR) is 120 cm³/mol. The highest BCUT2D eigenvalue weighted by Crippen LogP contribution is 2.29. The molecule has 0 bridgehead atoms. The molecule has 0 radical (unpaired) electrons. The Hall–Kier alpha value is -2.84. The third kappa shape index (κ3) is 6.32. The van der Waals surface area contributed by atoms with E-state index in [-0.39, 0.29) is 18.5 Å². The molecule has 0 spiro atoms. The maximum absolute atomic E-state index is 12.7. The zero-order valence-corrected chi connectivity index (χ0v) is 18.2. The number of ether oxygens (including phenoxy) is 1. The van der Waals surface area contributed by atoms with Gasteiger partial charge in [0.15, 0.2) is 0 Å². The van der Waals surface area contributed by atoms with Gasteiger partial charge in [-0.15, -0.1) is 0 Å². The fraction of sp³-hybridized carbons (Fsp3) is 0.409. The molecule has 1 aromatic carbocycles. The van der Waals surface area contributed by atoms with Crippen molar-refractivity contribution in [1.82, 2.24) is 9.88 Å². The molecule has 1 aliphatic heterocycles. The van der Waals surface area contributed by atoms with E-state index in [4.69, 9.17) is 16.3 Å². The highest BCUT2D eigenvalue weighted by Gasteiger charge is 2.31. The molecule has 8 nitrogen and oxygen atoms in total. The number of rotatable bonds is 8. The van der Waals surface area contributed by atoms with E-state index in [0.29, 0.717) is 55.8 Å². The van der Waals surface area contributed by atoms with E-state index in [1.54, 1.807) is 11.1 Å². The Morgan fingerprint density at radius 2 is 2.06 bits per heavy atom. The number of urea groups is 1. The number of carboxylic acids is 1. The number of halogens is 1. The molecular formula is C22H27ClN4O4. The van der Waals surface area contributed by atoms with Gasteiger partial charge in [-0.3, -0.25) is 4.79 Å². The highest BCUT2D eigenvalue weighted by atomic mass is 35.5. The van der Waals surface area contributed by atoms with Crippen molar-refractivity contribution in [3.05, 3.63) is 53.2 Å². The lowest BCUT2D eigenvalue weighted by Crippen LogP contribution is -2.56. The average molecular weight is 447 g/mol. The van der Waals surface area contributed by atoms with E-state index in [0.717, 1.165) is 5.56 Å². The Morgan fingerprint density at radius 3 is 2.74 bits per heavy atom. The Kier molecular flexibility index (Phi) is 8.08. The molecule has 0 saturated carbocycles. The van der Waals surface area contributed by atoms with Gasteiger partial charge in [0.1, 0.15) is 5.82 Å². The Morgan fingerprint density at radius 1 is 1.29 bits per heavy atom. The van der Waals surface area contributed by atoms with Crippen LogP contribution in [-0.4, -0.2) is 59.3 Å². The van der Waals surface area contributed by atoms with E-state index in [9.17, 15) is 14.7 Å². The second kappa shape index (κ2) is 11.0. The van der Waals surface area contributed by atoms with Crippen LogP contribution in [0.1, 0.15) is 25.3 Å². The second-order valence-electron chi connectivity index (χ2n) is 7.31. The normalized spacial score (nSPS) is 16.3. The number of piperazine rings is 1. The molecule has 31 heavy (non-hydrogen) atoms. The Labute approximate surface area is 186 Å². The molecule has 1 aromatic heterocycles. The summed E-state index contributed by atoms with van der Waals surface area (Å²) in [6.45, 7) is 4.31. The van der Waals surface area contributed by atoms with Gasteiger partial charge in [0.25, 0.3) is 0 Å². The van der Waals surface area contributed by atoms with Gasteiger partial charge < -0.3 is 25.0 Å². The molecule has 3 rings (SSSR count). The summed E-state index contributed by atoms with van der Waals surface area (Å²) in [7, 11) is 0. The number of nitrogens with zero attached hydrogens (tertiary/aromatic N) is 3. The Bertz CT molecular complexity index is 896. The van der Waals surface area contributed by atoms with E-state index in [2.05, 4.69) is 10.3 Å². The van der Waals surface area contributed by atoms with Crippen molar-refractivity contribution in [2.75, 3.05) is 36.5 Å². The first kappa shape index (κ1) is 22.8. The first-order chi connectivity index (χ1) is 15.0. The third-order valence-corrected chi connectivity index (χ3v) is 5.39. The fourth-order valence-corrected chi connectivity index (χ4v) is 3.86. The van der Waals surface area contributed by atoms with Gasteiger partial charge in [-0.1, -0.05) is 29.8 Å². The van der Waals surface area contributed by atoms with Gasteiger partial charge in [0, 0.05) is 50.6 Å². The number of hydrogen-bond acceptors (Lipinski definition) is 5. The predicted octanol–water partition coefficient (Wildman–Crippen LogP) is 3.86. The number of amides is 2. The van der Waals surface area contributed by atoms with E-state index >= 15 is 0 Å². The van der Waals surface area contributed by atoms with Crippen molar-refractivity contribution < 1.29 is 19.4 Å². The summed E-state index contributed by atoms with van der Waals surface area (Å²) in [5.74, 6) is -0.280. The zero-order chi connectivity index (χ0) is 22.2. The van der Waals surface area contributed by atoms with E-state index < -0.39 is 5.97 Å². The number of nitrogens with one attached hydrogen (secondary N) is 1. The molecule has 1 atom stereocenters. The average Bonchev–Trinajstić information content (AvgIpc) is 2.77. The lowest BCUT2D eigenvalue weighted by molar-refractivity contribution is -0.137. The number of aromatic nitrogens is 1. The zero-order valence-electron chi connectivity index (χ0n) is 17.5. The van der Waals surface area contributed by atoms with Gasteiger partial charge in [-0.25, -0.2) is 9.78 Å². The quantitative estimate of drug-likeness (QED) is 0.639. The van der Waals surface area contributed by atoms with Crippen LogP contribution in [0.2, 0.25) is 5.02 Å². The van der Waals surface area contributed by atoms with Crippen molar-refractivity contribution >= 4 is 35.1 Å². The largest absolute Gasteiger partial charge is 0.481 e. The van der Waals surface area contributed by atoms with Crippen molar-refractivity contribution in [2.24, 2.45) is 0 Å². The minimum absolute atomic E-state index is 0.00461. The minimum Gasteiger partial charge on any atom is -0.481 e. The van der Waals surface area contributed by atoms with Crippen LogP contribution in [0.15, 0.2) is 42.6 Å². The van der Waals surface area contributed by atoms with Crippen LogP contribution in [0.4, 0.5) is 16.3 Å². The number of anilines is 2. The maximum atomic E-state index is 12.7. The molecule has 166 valence electrons. The molecular weight excluding hydrogens is 420 g/mol. The van der Waals surface area contributed by atoms with Crippen LogP contribution in [0, 0.1) is 0 Å². The van der Waals surface area contributed by atoms with Crippen LogP contribution in [0.5, 0.6) is 0 Å². The SMILES string of the molecule is CCOCc1cnc(N2CCN(C(=O)Nc3ccccc3)CC2CCC(=O)O)c(Cl)c1. The van der Waals surface area contributed by atoms with Gasteiger partial charge in [-0.05, 0) is 37.1 Å². The lowest BCUT2D eigenvalue weighted by atomic mass is 10.1. The summed E-state index contributed by atoms with van der Waals surface area (Å²) in [6.07, 6.45) is 2.10. The molecule has 1 unspecified atom stereocenters. The Balaban J connectivity index is 1.73. The number of benzene rings is 1. The number of carbonyl (C=O) groups excluding carboxylic acids is 1. The van der Waals surface area contributed by atoms with Gasteiger partial charge in [0.2, 0.25) is 0 Å². The van der Waals surface area contributed by atoms with Crippen molar-refractivity contribution in [2.45, 2.75) is 32.4 Å². The highest BCUT2D eigenvalue weighted by molar-refractivity contribution is 6.33. The monoisotopic (exact) mass is 446 g/mol.